The first-order valence-corrected chi connectivity index (χ1v) is 4.55. The summed E-state index contributed by atoms with van der Waals surface area (Å²) in [5, 5.41) is 9.33. The lowest BCUT2D eigenvalue weighted by Gasteiger charge is -2.11. The van der Waals surface area contributed by atoms with Crippen LogP contribution in [0.3, 0.4) is 0 Å². The van der Waals surface area contributed by atoms with E-state index in [2.05, 4.69) is 4.98 Å². The molecule has 1 aliphatic rings. The van der Waals surface area contributed by atoms with E-state index in [1.54, 1.807) is 13.1 Å². The van der Waals surface area contributed by atoms with Gasteiger partial charge in [0.25, 0.3) is 0 Å². The van der Waals surface area contributed by atoms with Crippen LogP contribution in [0.4, 0.5) is 0 Å². The van der Waals surface area contributed by atoms with Gasteiger partial charge in [0.05, 0.1) is 11.8 Å². The van der Waals surface area contributed by atoms with Crippen molar-refractivity contribution in [3.8, 4) is 0 Å². The smallest absolute Gasteiger partial charge is 0.0931 e. The van der Waals surface area contributed by atoms with Crippen molar-refractivity contribution in [2.24, 2.45) is 5.73 Å². The van der Waals surface area contributed by atoms with Crippen molar-refractivity contribution >= 4 is 0 Å². The van der Waals surface area contributed by atoms with Crippen LogP contribution in [0, 0.1) is 0 Å². The summed E-state index contributed by atoms with van der Waals surface area (Å²) in [6.07, 6.45) is 3.28. The first-order valence-electron chi connectivity index (χ1n) is 4.55. The highest BCUT2D eigenvalue weighted by Crippen LogP contribution is 2.42. The average molecular weight is 178 g/mol. The summed E-state index contributed by atoms with van der Waals surface area (Å²) in [5.41, 5.74) is 7.69. The molecule has 0 aliphatic heterocycles. The fraction of sp³-hybridized carbons (Fsp3) is 0.500. The molecule has 0 saturated heterocycles. The van der Waals surface area contributed by atoms with Crippen LogP contribution in [0.15, 0.2) is 18.3 Å². The van der Waals surface area contributed by atoms with Gasteiger partial charge in [0.2, 0.25) is 0 Å². The van der Waals surface area contributed by atoms with Crippen molar-refractivity contribution in [3.05, 3.63) is 29.6 Å². The number of nitrogens with two attached hydrogens (primary N) is 1. The summed E-state index contributed by atoms with van der Waals surface area (Å²) in [4.78, 5) is 4.07. The second kappa shape index (κ2) is 2.79. The van der Waals surface area contributed by atoms with Gasteiger partial charge in [-0.3, -0.25) is 4.98 Å². The molecule has 1 atom stereocenters. The number of pyridine rings is 1. The van der Waals surface area contributed by atoms with Gasteiger partial charge in [-0.15, -0.1) is 0 Å². The number of rotatable bonds is 2. The van der Waals surface area contributed by atoms with Crippen LogP contribution in [0.1, 0.15) is 37.1 Å². The monoisotopic (exact) mass is 178 g/mol. The second-order valence-corrected chi connectivity index (χ2v) is 3.80. The summed E-state index contributed by atoms with van der Waals surface area (Å²) in [5.74, 6) is 0. The average Bonchev–Trinajstić information content (AvgIpc) is 2.85. The van der Waals surface area contributed by atoms with Gasteiger partial charge in [-0.1, -0.05) is 0 Å². The summed E-state index contributed by atoms with van der Waals surface area (Å²) in [6.45, 7) is 1.71. The molecule has 0 spiro atoms. The molecule has 3 N–H and O–H groups in total. The van der Waals surface area contributed by atoms with Gasteiger partial charge < -0.3 is 10.8 Å². The van der Waals surface area contributed by atoms with Gasteiger partial charge in [0.15, 0.2) is 0 Å². The van der Waals surface area contributed by atoms with E-state index in [1.165, 1.54) is 0 Å². The molecule has 3 nitrogen and oxygen atoms in total. The highest BCUT2D eigenvalue weighted by Gasteiger charge is 2.40. The summed E-state index contributed by atoms with van der Waals surface area (Å²) in [6, 6.07) is 3.83. The van der Waals surface area contributed by atoms with E-state index in [1.807, 2.05) is 12.1 Å². The minimum atomic E-state index is -0.512. The molecule has 1 saturated carbocycles. The van der Waals surface area contributed by atoms with E-state index in [0.717, 1.165) is 18.4 Å². The molecule has 1 aromatic heterocycles. The fourth-order valence-corrected chi connectivity index (χ4v) is 1.41. The van der Waals surface area contributed by atoms with Crippen LogP contribution in [-0.4, -0.2) is 10.1 Å². The summed E-state index contributed by atoms with van der Waals surface area (Å²) in [7, 11) is 0. The third-order valence-electron chi connectivity index (χ3n) is 2.57. The van der Waals surface area contributed by atoms with E-state index in [0.29, 0.717) is 5.69 Å². The standard InChI is InChI=1S/C10H14N2O/c1-7(13)9-6-8(2-5-12-9)10(11)3-4-10/h2,5-7,13H,3-4,11H2,1H3. The lowest BCUT2D eigenvalue weighted by atomic mass is 10.1. The highest BCUT2D eigenvalue weighted by molar-refractivity contribution is 5.30. The van der Waals surface area contributed by atoms with E-state index in [9.17, 15) is 5.11 Å². The Bertz CT molecular complexity index is 318. The minimum Gasteiger partial charge on any atom is -0.387 e. The number of nitrogens with zero attached hydrogens (tertiary/aromatic N) is 1. The highest BCUT2D eigenvalue weighted by atomic mass is 16.3. The Labute approximate surface area is 77.6 Å². The Balaban J connectivity index is 2.33. The Morgan fingerprint density at radius 1 is 1.62 bits per heavy atom. The van der Waals surface area contributed by atoms with Crippen molar-refractivity contribution in [1.29, 1.82) is 0 Å². The number of aliphatic hydroxyl groups is 1. The molecule has 1 unspecified atom stereocenters. The molecule has 1 heterocycles. The molecule has 0 aromatic carbocycles. The lowest BCUT2D eigenvalue weighted by Crippen LogP contribution is -2.19. The first-order chi connectivity index (χ1) is 6.12. The van der Waals surface area contributed by atoms with E-state index in [4.69, 9.17) is 5.73 Å². The van der Waals surface area contributed by atoms with Crippen LogP contribution in [0.5, 0.6) is 0 Å². The zero-order chi connectivity index (χ0) is 9.47. The molecule has 0 amide bonds. The molecule has 1 fully saturated rings. The molecular weight excluding hydrogens is 164 g/mol. The molecule has 0 radical (unpaired) electrons. The van der Waals surface area contributed by atoms with Crippen molar-refractivity contribution in [2.45, 2.75) is 31.4 Å². The van der Waals surface area contributed by atoms with Gasteiger partial charge in [-0.25, -0.2) is 0 Å². The van der Waals surface area contributed by atoms with Crippen LogP contribution >= 0.6 is 0 Å². The largest absolute Gasteiger partial charge is 0.387 e. The van der Waals surface area contributed by atoms with E-state index >= 15 is 0 Å². The second-order valence-electron chi connectivity index (χ2n) is 3.80. The summed E-state index contributed by atoms with van der Waals surface area (Å²) < 4.78 is 0. The predicted octanol–water partition coefficient (Wildman–Crippen LogP) is 1.08. The van der Waals surface area contributed by atoms with Gasteiger partial charge in [-0.2, -0.15) is 0 Å². The molecule has 13 heavy (non-hydrogen) atoms. The van der Waals surface area contributed by atoms with Gasteiger partial charge >= 0.3 is 0 Å². The zero-order valence-electron chi connectivity index (χ0n) is 7.70. The molecule has 1 aromatic rings. The SMILES string of the molecule is CC(O)c1cc(C2(N)CC2)ccn1. The number of hydrogen-bond donors (Lipinski definition) is 2. The molecular formula is C10H14N2O. The normalized spacial score (nSPS) is 21.2. The molecule has 1 aliphatic carbocycles. The van der Waals surface area contributed by atoms with Crippen LogP contribution in [-0.2, 0) is 5.54 Å². The van der Waals surface area contributed by atoms with Crippen LogP contribution in [0.25, 0.3) is 0 Å². The minimum absolute atomic E-state index is 0.132. The zero-order valence-corrected chi connectivity index (χ0v) is 7.70. The molecule has 70 valence electrons. The Hall–Kier alpha value is -0.930. The maximum Gasteiger partial charge on any atom is 0.0931 e. The maximum atomic E-state index is 9.33. The maximum absolute atomic E-state index is 9.33. The molecule has 3 heteroatoms. The third-order valence-corrected chi connectivity index (χ3v) is 2.57. The Morgan fingerprint density at radius 2 is 2.31 bits per heavy atom. The van der Waals surface area contributed by atoms with E-state index < -0.39 is 6.10 Å². The number of aliphatic hydroxyl groups excluding tert-OH is 1. The van der Waals surface area contributed by atoms with Crippen molar-refractivity contribution in [2.75, 3.05) is 0 Å². The van der Waals surface area contributed by atoms with Crippen LogP contribution < -0.4 is 5.73 Å². The fourth-order valence-electron chi connectivity index (χ4n) is 1.41. The van der Waals surface area contributed by atoms with Gasteiger partial charge in [0.1, 0.15) is 0 Å². The number of aromatic nitrogens is 1. The van der Waals surface area contributed by atoms with Gasteiger partial charge in [-0.05, 0) is 37.5 Å². The van der Waals surface area contributed by atoms with Crippen molar-refractivity contribution < 1.29 is 5.11 Å². The van der Waals surface area contributed by atoms with Crippen LogP contribution in [0.2, 0.25) is 0 Å². The Kier molecular flexibility index (Phi) is 1.86. The van der Waals surface area contributed by atoms with Crippen molar-refractivity contribution in [3.63, 3.8) is 0 Å². The number of hydrogen-bond acceptors (Lipinski definition) is 3. The topological polar surface area (TPSA) is 59.1 Å². The van der Waals surface area contributed by atoms with E-state index in [-0.39, 0.29) is 5.54 Å². The lowest BCUT2D eigenvalue weighted by molar-refractivity contribution is 0.194. The Morgan fingerprint density at radius 3 is 2.85 bits per heavy atom. The van der Waals surface area contributed by atoms with Gasteiger partial charge in [0, 0.05) is 11.7 Å². The quantitative estimate of drug-likeness (QED) is 0.712. The first kappa shape index (κ1) is 8.66. The third kappa shape index (κ3) is 1.57. The predicted molar refractivity (Wildman–Crippen MR) is 50.0 cm³/mol. The van der Waals surface area contributed by atoms with Crippen molar-refractivity contribution in [1.82, 2.24) is 4.98 Å². The summed E-state index contributed by atoms with van der Waals surface area (Å²) >= 11 is 0. The molecule has 0 bridgehead atoms. The molecule has 2 rings (SSSR count).